The fraction of sp³-hybridized carbons (Fsp3) is 0.500. The number of benzene rings is 1. The SMILES string of the molecule is O=C(NC1CCC(C(F)(F)F)CC1)c1cc(I)ccc1Br. The minimum absolute atomic E-state index is 0.0853. The maximum absolute atomic E-state index is 12.6. The number of amides is 1. The summed E-state index contributed by atoms with van der Waals surface area (Å²) >= 11 is 5.43. The first-order valence-corrected chi connectivity index (χ1v) is 8.47. The second kappa shape index (κ2) is 6.85. The van der Waals surface area contributed by atoms with E-state index in [-0.39, 0.29) is 24.8 Å². The molecule has 1 aromatic rings. The van der Waals surface area contributed by atoms with Crippen LogP contribution >= 0.6 is 38.5 Å². The molecule has 1 amide bonds. The Kier molecular flexibility index (Phi) is 5.56. The van der Waals surface area contributed by atoms with Crippen molar-refractivity contribution in [1.29, 1.82) is 0 Å². The molecule has 0 atom stereocenters. The molecule has 0 aromatic heterocycles. The normalized spacial score (nSPS) is 22.9. The van der Waals surface area contributed by atoms with Gasteiger partial charge in [0, 0.05) is 14.1 Å². The molecule has 1 aromatic carbocycles. The lowest BCUT2D eigenvalue weighted by molar-refractivity contribution is -0.182. The third-order valence-corrected chi connectivity index (χ3v) is 5.06. The predicted molar refractivity (Wildman–Crippen MR) is 86.1 cm³/mol. The maximum atomic E-state index is 12.6. The van der Waals surface area contributed by atoms with Crippen molar-refractivity contribution in [2.45, 2.75) is 37.9 Å². The van der Waals surface area contributed by atoms with Crippen LogP contribution in [0.15, 0.2) is 22.7 Å². The fourth-order valence-electron chi connectivity index (χ4n) is 2.50. The van der Waals surface area contributed by atoms with E-state index in [9.17, 15) is 18.0 Å². The molecular formula is C14H14BrF3INO. The van der Waals surface area contributed by atoms with E-state index in [1.165, 1.54) is 0 Å². The second-order valence-electron chi connectivity index (χ2n) is 5.19. The Balaban J connectivity index is 1.94. The lowest BCUT2D eigenvalue weighted by atomic mass is 9.85. The topological polar surface area (TPSA) is 29.1 Å². The highest BCUT2D eigenvalue weighted by Crippen LogP contribution is 2.37. The Morgan fingerprint density at radius 1 is 1.24 bits per heavy atom. The molecule has 1 aliphatic carbocycles. The van der Waals surface area contributed by atoms with Gasteiger partial charge in [0.25, 0.3) is 5.91 Å². The highest BCUT2D eigenvalue weighted by Gasteiger charge is 2.41. The lowest BCUT2D eigenvalue weighted by Crippen LogP contribution is -2.40. The molecule has 0 radical (unpaired) electrons. The Morgan fingerprint density at radius 2 is 1.86 bits per heavy atom. The standard InChI is InChI=1S/C14H14BrF3INO/c15-12-6-3-9(19)7-11(12)13(21)20-10-4-1-8(2-5-10)14(16,17)18/h3,6-8,10H,1-2,4-5H2,(H,20,21). The number of alkyl halides is 3. The zero-order valence-electron chi connectivity index (χ0n) is 11.0. The summed E-state index contributed by atoms with van der Waals surface area (Å²) in [7, 11) is 0. The molecule has 0 unspecified atom stereocenters. The highest BCUT2D eigenvalue weighted by molar-refractivity contribution is 14.1. The summed E-state index contributed by atoms with van der Waals surface area (Å²) < 4.78 is 39.4. The molecule has 0 heterocycles. The molecule has 21 heavy (non-hydrogen) atoms. The van der Waals surface area contributed by atoms with Crippen molar-refractivity contribution in [3.63, 3.8) is 0 Å². The van der Waals surface area contributed by atoms with Crippen LogP contribution in [0.25, 0.3) is 0 Å². The summed E-state index contributed by atoms with van der Waals surface area (Å²) in [6, 6.07) is 5.23. The third kappa shape index (κ3) is 4.58. The van der Waals surface area contributed by atoms with Crippen LogP contribution in [-0.4, -0.2) is 18.1 Å². The van der Waals surface area contributed by atoms with E-state index in [2.05, 4.69) is 43.8 Å². The van der Waals surface area contributed by atoms with E-state index in [0.717, 1.165) is 3.57 Å². The number of carbonyl (C=O) groups excluding carboxylic acids is 1. The van der Waals surface area contributed by atoms with Gasteiger partial charge in [-0.25, -0.2) is 0 Å². The largest absolute Gasteiger partial charge is 0.391 e. The molecule has 1 aliphatic rings. The first-order chi connectivity index (χ1) is 9.77. The fourth-order valence-corrected chi connectivity index (χ4v) is 3.42. The first kappa shape index (κ1) is 17.1. The smallest absolute Gasteiger partial charge is 0.349 e. The average molecular weight is 476 g/mol. The summed E-state index contributed by atoms with van der Waals surface area (Å²) in [5.41, 5.74) is 0.514. The number of nitrogens with one attached hydrogen (secondary N) is 1. The molecule has 1 fully saturated rings. The number of hydrogen-bond acceptors (Lipinski definition) is 1. The zero-order chi connectivity index (χ0) is 15.6. The van der Waals surface area contributed by atoms with Crippen molar-refractivity contribution in [3.8, 4) is 0 Å². The summed E-state index contributed by atoms with van der Waals surface area (Å²) in [6.45, 7) is 0. The Labute approximate surface area is 143 Å². The van der Waals surface area contributed by atoms with Gasteiger partial charge in [-0.2, -0.15) is 13.2 Å². The number of rotatable bonds is 2. The summed E-state index contributed by atoms with van der Waals surface area (Å²) in [5.74, 6) is -1.47. The van der Waals surface area contributed by atoms with Crippen molar-refractivity contribution >= 4 is 44.4 Å². The van der Waals surface area contributed by atoms with E-state index in [1.54, 1.807) is 12.1 Å². The van der Waals surface area contributed by atoms with Gasteiger partial charge in [0.15, 0.2) is 0 Å². The summed E-state index contributed by atoms with van der Waals surface area (Å²) in [5, 5.41) is 2.84. The number of carbonyl (C=O) groups is 1. The van der Waals surface area contributed by atoms with Crippen LogP contribution in [0.5, 0.6) is 0 Å². The quantitative estimate of drug-likeness (QED) is 0.605. The molecule has 1 N–H and O–H groups in total. The van der Waals surface area contributed by atoms with Crippen LogP contribution in [0.3, 0.4) is 0 Å². The molecule has 0 aliphatic heterocycles. The van der Waals surface area contributed by atoms with Crippen LogP contribution in [-0.2, 0) is 0 Å². The van der Waals surface area contributed by atoms with Crippen molar-refractivity contribution in [2.24, 2.45) is 5.92 Å². The third-order valence-electron chi connectivity index (χ3n) is 3.70. The molecule has 116 valence electrons. The van der Waals surface area contributed by atoms with E-state index < -0.39 is 12.1 Å². The monoisotopic (exact) mass is 475 g/mol. The van der Waals surface area contributed by atoms with E-state index in [1.807, 2.05) is 6.07 Å². The minimum Gasteiger partial charge on any atom is -0.349 e. The van der Waals surface area contributed by atoms with Gasteiger partial charge in [-0.3, -0.25) is 4.79 Å². The van der Waals surface area contributed by atoms with Gasteiger partial charge >= 0.3 is 6.18 Å². The Bertz CT molecular complexity index is 527. The molecule has 0 spiro atoms. The second-order valence-corrected chi connectivity index (χ2v) is 7.29. The molecule has 0 saturated heterocycles. The van der Waals surface area contributed by atoms with E-state index >= 15 is 0 Å². The van der Waals surface area contributed by atoms with Crippen molar-refractivity contribution in [3.05, 3.63) is 31.8 Å². The molecule has 2 rings (SSSR count). The van der Waals surface area contributed by atoms with Gasteiger partial charge in [0.05, 0.1) is 11.5 Å². The Morgan fingerprint density at radius 3 is 2.43 bits per heavy atom. The Hall–Kier alpha value is -0.310. The van der Waals surface area contributed by atoms with Crippen LogP contribution in [0.4, 0.5) is 13.2 Å². The van der Waals surface area contributed by atoms with Gasteiger partial charge in [0.1, 0.15) is 0 Å². The van der Waals surface area contributed by atoms with Crippen molar-refractivity contribution in [2.75, 3.05) is 0 Å². The zero-order valence-corrected chi connectivity index (χ0v) is 14.8. The first-order valence-electron chi connectivity index (χ1n) is 6.60. The van der Waals surface area contributed by atoms with Gasteiger partial charge < -0.3 is 5.32 Å². The van der Waals surface area contributed by atoms with E-state index in [4.69, 9.17) is 0 Å². The molecule has 0 bridgehead atoms. The maximum Gasteiger partial charge on any atom is 0.391 e. The van der Waals surface area contributed by atoms with Gasteiger partial charge in [-0.1, -0.05) is 0 Å². The van der Waals surface area contributed by atoms with Crippen LogP contribution < -0.4 is 5.32 Å². The average Bonchev–Trinajstić information content (AvgIpc) is 2.41. The number of halogens is 5. The van der Waals surface area contributed by atoms with Gasteiger partial charge in [-0.05, 0) is 82.4 Å². The summed E-state index contributed by atoms with van der Waals surface area (Å²) in [6.07, 6.45) is -3.20. The predicted octanol–water partition coefficient (Wildman–Crippen LogP) is 4.90. The van der Waals surface area contributed by atoms with E-state index in [0.29, 0.717) is 22.9 Å². The highest BCUT2D eigenvalue weighted by atomic mass is 127. The number of hydrogen-bond donors (Lipinski definition) is 1. The van der Waals surface area contributed by atoms with Crippen LogP contribution in [0, 0.1) is 9.49 Å². The molecule has 1 saturated carbocycles. The molecular weight excluding hydrogens is 462 g/mol. The van der Waals surface area contributed by atoms with Crippen molar-refractivity contribution < 1.29 is 18.0 Å². The van der Waals surface area contributed by atoms with Crippen molar-refractivity contribution in [1.82, 2.24) is 5.32 Å². The summed E-state index contributed by atoms with van der Waals surface area (Å²) in [4.78, 5) is 12.2. The van der Waals surface area contributed by atoms with Crippen LogP contribution in [0.1, 0.15) is 36.0 Å². The van der Waals surface area contributed by atoms with Crippen LogP contribution in [0.2, 0.25) is 0 Å². The lowest BCUT2D eigenvalue weighted by Gasteiger charge is -2.30. The van der Waals surface area contributed by atoms with Gasteiger partial charge in [-0.15, -0.1) is 0 Å². The van der Waals surface area contributed by atoms with Gasteiger partial charge in [0.2, 0.25) is 0 Å². The minimum atomic E-state index is -4.12. The molecule has 7 heteroatoms. The molecule has 2 nitrogen and oxygen atoms in total.